The molecular formula is C23H24F3N5O4S. The van der Waals surface area contributed by atoms with Gasteiger partial charge in [0, 0.05) is 42.1 Å². The van der Waals surface area contributed by atoms with E-state index >= 15 is 0 Å². The molecule has 4 heterocycles. The summed E-state index contributed by atoms with van der Waals surface area (Å²) in [5.74, 6) is -2.89. The number of carbonyl (C=O) groups excluding carboxylic acids is 2. The Kier molecular flexibility index (Phi) is 7.97. The lowest BCUT2D eigenvalue weighted by Gasteiger charge is -2.17. The van der Waals surface area contributed by atoms with Crippen LogP contribution in [0.5, 0.6) is 0 Å². The highest BCUT2D eigenvalue weighted by atomic mass is 32.1. The number of aryl methyl sites for hydroxylation is 4. The van der Waals surface area contributed by atoms with Crippen LogP contribution >= 0.6 is 11.3 Å². The molecule has 0 bridgehead atoms. The number of fused-ring (bicyclic) bond motifs is 1. The monoisotopic (exact) mass is 523 g/mol. The van der Waals surface area contributed by atoms with Crippen LogP contribution in [0.4, 0.5) is 19.0 Å². The van der Waals surface area contributed by atoms with Crippen molar-refractivity contribution in [2.75, 3.05) is 11.9 Å². The molecule has 1 atom stereocenters. The third-order valence-corrected chi connectivity index (χ3v) is 6.67. The number of hydrogen-bond donors (Lipinski definition) is 1. The Morgan fingerprint density at radius 2 is 2.03 bits per heavy atom. The average molecular weight is 524 g/mol. The lowest BCUT2D eigenvalue weighted by Crippen LogP contribution is -2.28. The Hall–Kier alpha value is -3.35. The molecule has 9 nitrogen and oxygen atoms in total. The van der Waals surface area contributed by atoms with Gasteiger partial charge in [-0.3, -0.25) is 4.79 Å². The summed E-state index contributed by atoms with van der Waals surface area (Å²) in [5.41, 5.74) is 2.19. The van der Waals surface area contributed by atoms with E-state index in [9.17, 15) is 22.8 Å². The minimum atomic E-state index is -5.25. The second kappa shape index (κ2) is 11.1. The molecule has 1 N–H and O–H groups in total. The molecule has 0 saturated carbocycles. The van der Waals surface area contributed by atoms with E-state index in [1.807, 2.05) is 6.07 Å². The van der Waals surface area contributed by atoms with Gasteiger partial charge in [0.1, 0.15) is 5.82 Å². The molecule has 0 amide bonds. The zero-order valence-electron chi connectivity index (χ0n) is 19.4. The molecule has 0 aliphatic carbocycles. The van der Waals surface area contributed by atoms with Crippen molar-refractivity contribution in [3.8, 4) is 0 Å². The standard InChI is InChI=1S/C23H24F3N5O4S/c1-13-28-12-17(36-13)15(11-20(32)35-22(33)23(24,25)26)10-19-31-30-18(34-19)6-2-5-16-8-7-14-4-3-9-27-21(14)29-16/h7-8,12,15H,2-6,9-11H2,1H3,(H,27,29). The summed E-state index contributed by atoms with van der Waals surface area (Å²) in [6.45, 7) is 2.68. The quantitative estimate of drug-likeness (QED) is 0.326. The zero-order chi connectivity index (χ0) is 25.7. The number of esters is 2. The van der Waals surface area contributed by atoms with Gasteiger partial charge in [-0.2, -0.15) is 13.2 Å². The van der Waals surface area contributed by atoms with Crippen molar-refractivity contribution in [3.05, 3.63) is 51.3 Å². The molecule has 36 heavy (non-hydrogen) atoms. The van der Waals surface area contributed by atoms with Crippen LogP contribution in [0, 0.1) is 6.92 Å². The van der Waals surface area contributed by atoms with Crippen molar-refractivity contribution in [1.82, 2.24) is 20.2 Å². The number of halogens is 3. The molecule has 0 fully saturated rings. The summed E-state index contributed by atoms with van der Waals surface area (Å²) in [6.07, 6.45) is 0.000796. The highest BCUT2D eigenvalue weighted by Crippen LogP contribution is 2.30. The first-order chi connectivity index (χ1) is 17.2. The predicted molar refractivity (Wildman–Crippen MR) is 122 cm³/mol. The Labute approximate surface area is 208 Å². The number of thiazole rings is 1. The maximum absolute atomic E-state index is 12.4. The highest BCUT2D eigenvalue weighted by molar-refractivity contribution is 7.11. The number of rotatable bonds is 9. The third-order valence-electron chi connectivity index (χ3n) is 5.60. The Morgan fingerprint density at radius 1 is 1.22 bits per heavy atom. The fraction of sp³-hybridized carbons (Fsp3) is 0.478. The molecule has 1 unspecified atom stereocenters. The van der Waals surface area contributed by atoms with E-state index < -0.39 is 30.5 Å². The van der Waals surface area contributed by atoms with Gasteiger partial charge >= 0.3 is 18.1 Å². The van der Waals surface area contributed by atoms with Crippen LogP contribution in [0.15, 0.2) is 22.7 Å². The van der Waals surface area contributed by atoms with Crippen LogP contribution < -0.4 is 5.32 Å². The molecule has 0 radical (unpaired) electrons. The van der Waals surface area contributed by atoms with Crippen molar-refractivity contribution in [2.24, 2.45) is 0 Å². The third kappa shape index (κ3) is 6.86. The van der Waals surface area contributed by atoms with Crippen molar-refractivity contribution in [2.45, 2.75) is 64.0 Å². The molecule has 4 rings (SSSR count). The van der Waals surface area contributed by atoms with Crippen LogP contribution in [0.1, 0.15) is 58.1 Å². The van der Waals surface area contributed by atoms with Crippen LogP contribution in [0.2, 0.25) is 0 Å². The van der Waals surface area contributed by atoms with Crippen LogP contribution in [-0.2, 0) is 40.0 Å². The lowest BCUT2D eigenvalue weighted by atomic mass is 10.00. The molecule has 0 spiro atoms. The zero-order valence-corrected chi connectivity index (χ0v) is 20.2. The second-order valence-electron chi connectivity index (χ2n) is 8.43. The summed E-state index contributed by atoms with van der Waals surface area (Å²) < 4.78 is 47.0. The number of hydrogen-bond acceptors (Lipinski definition) is 10. The summed E-state index contributed by atoms with van der Waals surface area (Å²) in [6, 6.07) is 4.12. The van der Waals surface area contributed by atoms with E-state index in [1.165, 1.54) is 23.1 Å². The van der Waals surface area contributed by atoms with Gasteiger partial charge in [0.2, 0.25) is 11.8 Å². The number of carbonyl (C=O) groups is 2. The van der Waals surface area contributed by atoms with Crippen LogP contribution in [-0.4, -0.2) is 44.8 Å². The number of nitrogens with zero attached hydrogens (tertiary/aromatic N) is 4. The molecule has 3 aromatic rings. The van der Waals surface area contributed by atoms with Crippen molar-refractivity contribution >= 4 is 29.1 Å². The number of anilines is 1. The van der Waals surface area contributed by atoms with E-state index in [4.69, 9.17) is 4.42 Å². The SMILES string of the molecule is Cc1ncc(C(CC(=O)OC(=O)C(F)(F)F)Cc2nnc(CCCc3ccc4c(n3)NCCC4)o2)s1. The first kappa shape index (κ1) is 25.7. The summed E-state index contributed by atoms with van der Waals surface area (Å²) in [5, 5.41) is 12.1. The normalized spacial score (nSPS) is 14.1. The number of nitrogens with one attached hydrogen (secondary N) is 1. The first-order valence-corrected chi connectivity index (χ1v) is 12.3. The largest absolute Gasteiger partial charge is 0.491 e. The Morgan fingerprint density at radius 3 is 2.78 bits per heavy atom. The van der Waals surface area contributed by atoms with E-state index in [1.54, 1.807) is 6.92 Å². The molecule has 1 aliphatic rings. The van der Waals surface area contributed by atoms with Gasteiger partial charge in [-0.25, -0.2) is 14.8 Å². The van der Waals surface area contributed by atoms with Gasteiger partial charge in [0.05, 0.1) is 11.4 Å². The highest BCUT2D eigenvalue weighted by Gasteiger charge is 2.42. The molecule has 0 saturated heterocycles. The summed E-state index contributed by atoms with van der Waals surface area (Å²) in [7, 11) is 0. The van der Waals surface area contributed by atoms with Crippen LogP contribution in [0.3, 0.4) is 0 Å². The Balaban J connectivity index is 1.34. The molecule has 192 valence electrons. The van der Waals surface area contributed by atoms with Crippen molar-refractivity contribution in [1.29, 1.82) is 0 Å². The van der Waals surface area contributed by atoms with E-state index in [0.29, 0.717) is 22.2 Å². The fourth-order valence-corrected chi connectivity index (χ4v) is 4.74. The molecular weight excluding hydrogens is 499 g/mol. The van der Waals surface area contributed by atoms with Gasteiger partial charge < -0.3 is 14.5 Å². The predicted octanol–water partition coefficient (Wildman–Crippen LogP) is 4.11. The van der Waals surface area contributed by atoms with Gasteiger partial charge in [0.15, 0.2) is 0 Å². The molecule has 0 aromatic carbocycles. The van der Waals surface area contributed by atoms with Gasteiger partial charge in [-0.1, -0.05) is 6.07 Å². The fourth-order valence-electron chi connectivity index (χ4n) is 3.86. The van der Waals surface area contributed by atoms with E-state index in [2.05, 4.69) is 36.3 Å². The minimum Gasteiger partial charge on any atom is -0.425 e. The average Bonchev–Trinajstić information content (AvgIpc) is 3.46. The smallest absolute Gasteiger partial charge is 0.425 e. The molecule has 1 aliphatic heterocycles. The number of ether oxygens (including phenoxy) is 1. The van der Waals surface area contributed by atoms with Crippen molar-refractivity contribution < 1.29 is 31.9 Å². The van der Waals surface area contributed by atoms with E-state index in [0.717, 1.165) is 43.7 Å². The topological polar surface area (TPSA) is 120 Å². The lowest BCUT2D eigenvalue weighted by molar-refractivity contribution is -0.202. The van der Waals surface area contributed by atoms with Crippen molar-refractivity contribution in [3.63, 3.8) is 0 Å². The second-order valence-corrected chi connectivity index (χ2v) is 9.70. The van der Waals surface area contributed by atoms with Gasteiger partial charge in [-0.05, 0) is 44.2 Å². The van der Waals surface area contributed by atoms with Crippen LogP contribution in [0.25, 0.3) is 0 Å². The Bertz CT molecular complexity index is 1230. The molecule has 3 aromatic heterocycles. The maximum atomic E-state index is 12.4. The summed E-state index contributed by atoms with van der Waals surface area (Å²) in [4.78, 5) is 32.5. The summed E-state index contributed by atoms with van der Waals surface area (Å²) >= 11 is 1.28. The first-order valence-electron chi connectivity index (χ1n) is 11.5. The maximum Gasteiger partial charge on any atom is 0.491 e. The number of aromatic nitrogens is 4. The van der Waals surface area contributed by atoms with E-state index in [-0.39, 0.29) is 12.3 Å². The molecule has 13 heteroatoms. The van der Waals surface area contributed by atoms with Gasteiger partial charge in [-0.15, -0.1) is 21.5 Å². The number of pyridine rings is 1. The minimum absolute atomic E-state index is 0.0853. The number of alkyl halides is 3. The van der Waals surface area contributed by atoms with Gasteiger partial charge in [0.25, 0.3) is 0 Å².